The summed E-state index contributed by atoms with van der Waals surface area (Å²) < 4.78 is 23.1. The summed E-state index contributed by atoms with van der Waals surface area (Å²) in [6.07, 6.45) is 0. The first-order valence-corrected chi connectivity index (χ1v) is 6.97. The van der Waals surface area contributed by atoms with Gasteiger partial charge in [-0.2, -0.15) is 0 Å². The van der Waals surface area contributed by atoms with Gasteiger partial charge in [0.1, 0.15) is 11.6 Å². The van der Waals surface area contributed by atoms with Gasteiger partial charge < -0.3 is 14.8 Å². The third-order valence-corrected chi connectivity index (χ3v) is 3.06. The number of carbonyl (C=O) groups excluding carboxylic acids is 2. The van der Waals surface area contributed by atoms with Crippen LogP contribution in [0.15, 0.2) is 42.5 Å². The maximum Gasteiger partial charge on any atom is 0.337 e. The first-order chi connectivity index (χ1) is 11.0. The molecule has 0 unspecified atom stereocenters. The van der Waals surface area contributed by atoms with Crippen molar-refractivity contribution in [3.8, 4) is 5.75 Å². The van der Waals surface area contributed by atoms with Crippen LogP contribution in [0.25, 0.3) is 0 Å². The van der Waals surface area contributed by atoms with Gasteiger partial charge in [-0.15, -0.1) is 0 Å². The van der Waals surface area contributed by atoms with E-state index < -0.39 is 17.7 Å². The number of hydrogen-bond donors (Lipinski definition) is 1. The molecule has 0 fully saturated rings. The number of benzene rings is 2. The third-order valence-electron chi connectivity index (χ3n) is 3.06. The van der Waals surface area contributed by atoms with Gasteiger partial charge in [0.25, 0.3) is 5.91 Å². The highest BCUT2D eigenvalue weighted by atomic mass is 19.1. The Morgan fingerprint density at radius 2 is 1.74 bits per heavy atom. The minimum Gasteiger partial charge on any atom is -0.492 e. The molecule has 1 amide bonds. The summed E-state index contributed by atoms with van der Waals surface area (Å²) in [5.41, 5.74) is 1.07. The van der Waals surface area contributed by atoms with Crippen LogP contribution < -0.4 is 10.1 Å². The standard InChI is InChI=1S/C17H16FNO4/c1-3-23-15-10-13(18)8-9-14(15)19-16(20)11-4-6-12(7-5-11)17(21)22-2/h4-10H,3H2,1-2H3,(H,19,20). The number of esters is 1. The SMILES string of the molecule is CCOc1cc(F)ccc1NC(=O)c1ccc(C(=O)OC)cc1. The van der Waals surface area contributed by atoms with Crippen LogP contribution in [0.4, 0.5) is 10.1 Å². The van der Waals surface area contributed by atoms with Gasteiger partial charge in [-0.3, -0.25) is 4.79 Å². The number of methoxy groups -OCH3 is 1. The van der Waals surface area contributed by atoms with E-state index in [0.717, 1.165) is 0 Å². The normalized spacial score (nSPS) is 10.0. The maximum atomic E-state index is 13.2. The molecule has 1 N–H and O–H groups in total. The molecule has 2 aromatic carbocycles. The van der Waals surface area contributed by atoms with E-state index in [1.165, 1.54) is 49.6 Å². The van der Waals surface area contributed by atoms with Crippen LogP contribution in [0, 0.1) is 5.82 Å². The molecule has 0 aromatic heterocycles. The number of hydrogen-bond acceptors (Lipinski definition) is 4. The zero-order valence-corrected chi connectivity index (χ0v) is 12.8. The largest absolute Gasteiger partial charge is 0.492 e. The number of rotatable bonds is 5. The average molecular weight is 317 g/mol. The van der Waals surface area contributed by atoms with Crippen LogP contribution in [-0.2, 0) is 4.74 Å². The molecule has 0 saturated heterocycles. The van der Waals surface area contributed by atoms with Crippen LogP contribution in [0.3, 0.4) is 0 Å². The Labute approximate surface area is 133 Å². The number of ether oxygens (including phenoxy) is 2. The van der Waals surface area contributed by atoms with Gasteiger partial charge in [0, 0.05) is 11.6 Å². The van der Waals surface area contributed by atoms with E-state index in [9.17, 15) is 14.0 Å². The van der Waals surface area contributed by atoms with Gasteiger partial charge >= 0.3 is 5.97 Å². The van der Waals surface area contributed by atoms with Crippen LogP contribution in [0.1, 0.15) is 27.6 Å². The first kappa shape index (κ1) is 16.5. The number of nitrogens with one attached hydrogen (secondary N) is 1. The summed E-state index contributed by atoms with van der Waals surface area (Å²) in [4.78, 5) is 23.6. The topological polar surface area (TPSA) is 64.6 Å². The molecule has 2 aromatic rings. The number of carbonyl (C=O) groups is 2. The summed E-state index contributed by atoms with van der Waals surface area (Å²) in [5.74, 6) is -1.07. The van der Waals surface area contributed by atoms with E-state index in [-0.39, 0.29) is 5.75 Å². The fourth-order valence-electron chi connectivity index (χ4n) is 1.94. The van der Waals surface area contributed by atoms with Crippen molar-refractivity contribution >= 4 is 17.6 Å². The lowest BCUT2D eigenvalue weighted by Gasteiger charge is -2.11. The van der Waals surface area contributed by atoms with Crippen molar-refractivity contribution < 1.29 is 23.5 Å². The second-order valence-corrected chi connectivity index (χ2v) is 4.60. The minimum atomic E-state index is -0.478. The molecule has 120 valence electrons. The summed E-state index contributed by atoms with van der Waals surface area (Å²) >= 11 is 0. The van der Waals surface area contributed by atoms with Gasteiger partial charge in [0.05, 0.1) is 25.0 Å². The van der Waals surface area contributed by atoms with Crippen LogP contribution >= 0.6 is 0 Å². The Hall–Kier alpha value is -2.89. The Kier molecular flexibility index (Phi) is 5.30. The minimum absolute atomic E-state index is 0.257. The molecule has 5 nitrogen and oxygen atoms in total. The van der Waals surface area contributed by atoms with Crippen molar-refractivity contribution in [2.75, 3.05) is 19.0 Å². The van der Waals surface area contributed by atoms with Crippen LogP contribution in [-0.4, -0.2) is 25.6 Å². The van der Waals surface area contributed by atoms with Crippen molar-refractivity contribution in [3.63, 3.8) is 0 Å². The fraction of sp³-hybridized carbons (Fsp3) is 0.176. The maximum absolute atomic E-state index is 13.2. The molecule has 0 aliphatic rings. The molecular formula is C17H16FNO4. The monoisotopic (exact) mass is 317 g/mol. The lowest BCUT2D eigenvalue weighted by atomic mass is 10.1. The summed E-state index contributed by atoms with van der Waals surface area (Å²) in [5, 5.41) is 2.65. The Bertz CT molecular complexity index is 713. The number of halogens is 1. The Balaban J connectivity index is 2.17. The van der Waals surface area contributed by atoms with Crippen molar-refractivity contribution in [1.82, 2.24) is 0 Å². The van der Waals surface area contributed by atoms with Crippen molar-refractivity contribution in [1.29, 1.82) is 0 Å². The molecule has 23 heavy (non-hydrogen) atoms. The zero-order valence-electron chi connectivity index (χ0n) is 12.8. The third kappa shape index (κ3) is 4.06. The Morgan fingerprint density at radius 1 is 1.09 bits per heavy atom. The van der Waals surface area contributed by atoms with Gasteiger partial charge in [-0.25, -0.2) is 9.18 Å². The van der Waals surface area contributed by atoms with Gasteiger partial charge in [-0.05, 0) is 43.3 Å². The molecule has 0 bridgehead atoms. The number of amides is 1. The molecule has 0 spiro atoms. The van der Waals surface area contributed by atoms with Gasteiger partial charge in [0.2, 0.25) is 0 Å². The van der Waals surface area contributed by atoms with E-state index in [0.29, 0.717) is 23.4 Å². The fourth-order valence-corrected chi connectivity index (χ4v) is 1.94. The predicted molar refractivity (Wildman–Crippen MR) is 83.3 cm³/mol. The van der Waals surface area contributed by atoms with E-state index in [1.54, 1.807) is 6.92 Å². The first-order valence-electron chi connectivity index (χ1n) is 6.97. The molecule has 0 radical (unpaired) electrons. The van der Waals surface area contributed by atoms with E-state index in [4.69, 9.17) is 4.74 Å². The summed E-state index contributed by atoms with van der Waals surface area (Å²) in [6.45, 7) is 2.11. The predicted octanol–water partition coefficient (Wildman–Crippen LogP) is 3.26. The second kappa shape index (κ2) is 7.40. The summed E-state index contributed by atoms with van der Waals surface area (Å²) in [6, 6.07) is 9.87. The molecule has 0 saturated carbocycles. The number of anilines is 1. The quantitative estimate of drug-likeness (QED) is 0.860. The van der Waals surface area contributed by atoms with E-state index in [1.807, 2.05) is 0 Å². The van der Waals surface area contributed by atoms with Crippen molar-refractivity contribution in [3.05, 3.63) is 59.4 Å². The molecule has 0 aliphatic heterocycles. The average Bonchev–Trinajstić information content (AvgIpc) is 2.57. The molecule has 0 atom stereocenters. The molecule has 0 aliphatic carbocycles. The Morgan fingerprint density at radius 3 is 2.35 bits per heavy atom. The van der Waals surface area contributed by atoms with E-state index >= 15 is 0 Å². The highest BCUT2D eigenvalue weighted by Crippen LogP contribution is 2.26. The smallest absolute Gasteiger partial charge is 0.337 e. The molecular weight excluding hydrogens is 301 g/mol. The lowest BCUT2D eigenvalue weighted by Crippen LogP contribution is -2.13. The highest BCUT2D eigenvalue weighted by molar-refractivity contribution is 6.05. The molecule has 0 heterocycles. The van der Waals surface area contributed by atoms with Crippen molar-refractivity contribution in [2.45, 2.75) is 6.92 Å². The van der Waals surface area contributed by atoms with Crippen LogP contribution in [0.5, 0.6) is 5.75 Å². The molecule has 2 rings (SSSR count). The highest BCUT2D eigenvalue weighted by Gasteiger charge is 2.12. The zero-order chi connectivity index (χ0) is 16.8. The van der Waals surface area contributed by atoms with E-state index in [2.05, 4.69) is 10.1 Å². The van der Waals surface area contributed by atoms with Crippen molar-refractivity contribution in [2.24, 2.45) is 0 Å². The van der Waals surface area contributed by atoms with Crippen LogP contribution in [0.2, 0.25) is 0 Å². The lowest BCUT2D eigenvalue weighted by molar-refractivity contribution is 0.0600. The van der Waals surface area contributed by atoms with Gasteiger partial charge in [-0.1, -0.05) is 0 Å². The molecule has 6 heteroatoms. The van der Waals surface area contributed by atoms with Gasteiger partial charge in [0.15, 0.2) is 0 Å². The summed E-state index contributed by atoms with van der Waals surface area (Å²) in [7, 11) is 1.28. The second-order valence-electron chi connectivity index (χ2n) is 4.60.